The van der Waals surface area contributed by atoms with Crippen LogP contribution < -0.4 is 15.5 Å². The summed E-state index contributed by atoms with van der Waals surface area (Å²) in [6.07, 6.45) is 7.65. The predicted molar refractivity (Wildman–Crippen MR) is 104 cm³/mol. The number of quaternary nitrogens is 1. The van der Waals surface area contributed by atoms with E-state index in [0.29, 0.717) is 13.0 Å². The van der Waals surface area contributed by atoms with Gasteiger partial charge < -0.3 is 5.73 Å². The summed E-state index contributed by atoms with van der Waals surface area (Å²) in [4.78, 5) is 30.3. The molecule has 140 valence electrons. The number of amides is 3. The Morgan fingerprint density at radius 2 is 1.81 bits per heavy atom. The molecule has 2 aliphatic heterocycles. The lowest BCUT2D eigenvalue weighted by atomic mass is 9.96. The highest BCUT2D eigenvalue weighted by atomic mass is 16.2. The third-order valence-electron chi connectivity index (χ3n) is 5.55. The first-order valence-electron chi connectivity index (χ1n) is 9.72. The Kier molecular flexibility index (Phi) is 6.04. The smallest absolute Gasteiger partial charge is 0.364 e. The Balaban J connectivity index is 1.94. The maximum Gasteiger partial charge on any atom is 0.427 e. The van der Waals surface area contributed by atoms with Crippen molar-refractivity contribution < 1.29 is 9.59 Å². The number of rotatable bonds is 2. The molecule has 3 N–H and O–H groups in total. The molecule has 0 aromatic heterocycles. The average molecular weight is 357 g/mol. The van der Waals surface area contributed by atoms with Crippen molar-refractivity contribution in [3.05, 3.63) is 30.3 Å². The number of carbonyl (C=O) groups is 2. The van der Waals surface area contributed by atoms with E-state index in [9.17, 15) is 9.59 Å². The first-order valence-corrected chi connectivity index (χ1v) is 9.72. The van der Waals surface area contributed by atoms with Gasteiger partial charge in [-0.2, -0.15) is 4.48 Å². The average Bonchev–Trinajstić information content (AvgIpc) is 2.64. The molecule has 1 aromatic carbocycles. The van der Waals surface area contributed by atoms with Crippen molar-refractivity contribution in [3.63, 3.8) is 0 Å². The molecule has 0 bridgehead atoms. The van der Waals surface area contributed by atoms with Gasteiger partial charge in [0.2, 0.25) is 0 Å². The minimum atomic E-state index is -0.541. The molecule has 2 heterocycles. The van der Waals surface area contributed by atoms with Crippen molar-refractivity contribution in [1.29, 1.82) is 0 Å². The SMILES string of the molecule is NC(=O)C1CCCC[N+]1(C(=O)NC1=NCCCCCC1)c1ccccc1. The van der Waals surface area contributed by atoms with E-state index in [1.165, 1.54) is 6.42 Å². The Labute approximate surface area is 155 Å². The molecule has 1 saturated heterocycles. The van der Waals surface area contributed by atoms with Gasteiger partial charge in [-0.25, -0.2) is 4.79 Å². The molecule has 26 heavy (non-hydrogen) atoms. The molecule has 3 rings (SSSR count). The molecular weight excluding hydrogens is 328 g/mol. The number of aliphatic imine (C=N–C) groups is 1. The fourth-order valence-electron chi connectivity index (χ4n) is 4.17. The number of nitrogens with one attached hydrogen (secondary N) is 1. The molecule has 2 atom stereocenters. The van der Waals surface area contributed by atoms with Crippen molar-refractivity contribution in [1.82, 2.24) is 9.80 Å². The first-order chi connectivity index (χ1) is 12.6. The van der Waals surface area contributed by atoms with E-state index in [4.69, 9.17) is 5.73 Å². The standard InChI is InChI=1S/C20H28N4O2/c21-19(25)17-12-7-9-15-24(17,16-10-4-3-5-11-16)20(26)23-18-13-6-1-2-8-14-22-18/h3-5,10-11,17H,1-2,6-9,12-15H2,(H2-,21,22,23,25,26)/p+1. The summed E-state index contributed by atoms with van der Waals surface area (Å²) in [5.74, 6) is 0.334. The molecule has 0 radical (unpaired) electrons. The van der Waals surface area contributed by atoms with Crippen LogP contribution in [0.3, 0.4) is 0 Å². The van der Waals surface area contributed by atoms with Gasteiger partial charge in [0.1, 0.15) is 11.5 Å². The normalized spacial score (nSPS) is 26.9. The second-order valence-corrected chi connectivity index (χ2v) is 7.26. The van der Waals surface area contributed by atoms with E-state index in [1.807, 2.05) is 30.3 Å². The lowest BCUT2D eigenvalue weighted by Crippen LogP contribution is -2.70. The van der Waals surface area contributed by atoms with Crippen LogP contribution >= 0.6 is 0 Å². The number of benzene rings is 1. The maximum absolute atomic E-state index is 13.5. The lowest BCUT2D eigenvalue weighted by molar-refractivity contribution is -0.122. The third-order valence-corrected chi connectivity index (χ3v) is 5.55. The number of likely N-dealkylation sites (tertiary alicyclic amines) is 1. The molecule has 2 unspecified atom stereocenters. The van der Waals surface area contributed by atoms with Gasteiger partial charge >= 0.3 is 6.03 Å². The number of hydrogen-bond acceptors (Lipinski definition) is 3. The third kappa shape index (κ3) is 3.80. The Morgan fingerprint density at radius 1 is 1.04 bits per heavy atom. The Bertz CT molecular complexity index is 674. The fraction of sp³-hybridized carbons (Fsp3) is 0.550. The summed E-state index contributed by atoms with van der Waals surface area (Å²) in [6.45, 7) is 1.33. The largest absolute Gasteiger partial charge is 0.427 e. The van der Waals surface area contributed by atoms with Gasteiger partial charge in [0, 0.05) is 19.4 Å². The molecule has 3 amide bonds. The number of piperidine rings is 1. The van der Waals surface area contributed by atoms with E-state index < -0.39 is 11.9 Å². The monoisotopic (exact) mass is 357 g/mol. The minimum Gasteiger partial charge on any atom is -0.364 e. The highest BCUT2D eigenvalue weighted by Gasteiger charge is 2.51. The van der Waals surface area contributed by atoms with Crippen LogP contribution in [0.25, 0.3) is 0 Å². The number of nitrogens with two attached hydrogens (primary N) is 1. The van der Waals surface area contributed by atoms with Crippen molar-refractivity contribution in [2.75, 3.05) is 13.1 Å². The number of urea groups is 1. The van der Waals surface area contributed by atoms with Gasteiger partial charge in [-0.1, -0.05) is 31.0 Å². The minimum absolute atomic E-state index is 0.0464. The molecule has 1 aromatic rings. The van der Waals surface area contributed by atoms with Crippen molar-refractivity contribution in [2.45, 2.75) is 57.4 Å². The van der Waals surface area contributed by atoms with Crippen LogP contribution in [0, 0.1) is 0 Å². The summed E-state index contributed by atoms with van der Waals surface area (Å²) in [5.41, 5.74) is 6.55. The summed E-state index contributed by atoms with van der Waals surface area (Å²) in [5, 5.41) is 3.06. The topological polar surface area (TPSA) is 84.5 Å². The Hall–Kier alpha value is -2.21. The van der Waals surface area contributed by atoms with Crippen LogP contribution in [0.5, 0.6) is 0 Å². The van der Waals surface area contributed by atoms with Crippen molar-refractivity contribution in [3.8, 4) is 0 Å². The van der Waals surface area contributed by atoms with Crippen LogP contribution in [0.15, 0.2) is 35.3 Å². The zero-order valence-corrected chi connectivity index (χ0v) is 15.3. The van der Waals surface area contributed by atoms with Crippen LogP contribution in [0.1, 0.15) is 51.4 Å². The molecular formula is C20H29N4O2+. The van der Waals surface area contributed by atoms with Gasteiger partial charge in [0.05, 0.1) is 6.54 Å². The van der Waals surface area contributed by atoms with Crippen molar-refractivity contribution >= 4 is 23.5 Å². The van der Waals surface area contributed by atoms with Crippen LogP contribution in [0.2, 0.25) is 0 Å². The second-order valence-electron chi connectivity index (χ2n) is 7.26. The van der Waals surface area contributed by atoms with Gasteiger partial charge in [0.25, 0.3) is 5.91 Å². The number of para-hydroxylation sites is 1. The molecule has 1 fully saturated rings. The fourth-order valence-corrected chi connectivity index (χ4v) is 4.17. The molecule has 2 aliphatic rings. The number of amidine groups is 1. The van der Waals surface area contributed by atoms with E-state index in [1.54, 1.807) is 0 Å². The van der Waals surface area contributed by atoms with Crippen LogP contribution in [-0.2, 0) is 4.79 Å². The number of carbonyl (C=O) groups excluding carboxylic acids is 2. The zero-order valence-electron chi connectivity index (χ0n) is 15.3. The summed E-state index contributed by atoms with van der Waals surface area (Å²) >= 11 is 0. The predicted octanol–water partition coefficient (Wildman–Crippen LogP) is 3.10. The highest BCUT2D eigenvalue weighted by Crippen LogP contribution is 2.33. The van der Waals surface area contributed by atoms with Crippen LogP contribution in [0.4, 0.5) is 10.5 Å². The second kappa shape index (κ2) is 8.45. The summed E-state index contributed by atoms with van der Waals surface area (Å²) < 4.78 is -0.0464. The summed E-state index contributed by atoms with van der Waals surface area (Å²) in [7, 11) is 0. The molecule has 0 saturated carbocycles. The van der Waals surface area contributed by atoms with Gasteiger partial charge in [-0.15, -0.1) is 0 Å². The molecule has 6 heteroatoms. The molecule has 0 aliphatic carbocycles. The first kappa shape index (κ1) is 18.6. The lowest BCUT2D eigenvalue weighted by Gasteiger charge is -2.42. The van der Waals surface area contributed by atoms with E-state index in [0.717, 1.165) is 56.6 Å². The number of hydrogen-bond donors (Lipinski definition) is 2. The maximum atomic E-state index is 13.5. The summed E-state index contributed by atoms with van der Waals surface area (Å²) in [6, 6.07) is 8.84. The number of nitrogens with zero attached hydrogens (tertiary/aromatic N) is 2. The van der Waals surface area contributed by atoms with Gasteiger partial charge in [-0.3, -0.25) is 15.1 Å². The quantitative estimate of drug-likeness (QED) is 0.797. The number of primary amides is 1. The van der Waals surface area contributed by atoms with Crippen LogP contribution in [-0.4, -0.2) is 36.9 Å². The van der Waals surface area contributed by atoms with E-state index in [-0.39, 0.29) is 10.5 Å². The highest BCUT2D eigenvalue weighted by molar-refractivity contribution is 6.04. The van der Waals surface area contributed by atoms with E-state index >= 15 is 0 Å². The van der Waals surface area contributed by atoms with Crippen molar-refractivity contribution in [2.24, 2.45) is 10.7 Å². The van der Waals surface area contributed by atoms with E-state index in [2.05, 4.69) is 10.3 Å². The molecule has 0 spiro atoms. The van der Waals surface area contributed by atoms with Gasteiger partial charge in [-0.05, 0) is 37.8 Å². The van der Waals surface area contributed by atoms with Gasteiger partial charge in [0.15, 0.2) is 6.04 Å². The zero-order chi connectivity index (χ0) is 18.4. The Morgan fingerprint density at radius 3 is 2.58 bits per heavy atom. The molecule has 6 nitrogen and oxygen atoms in total.